The Kier molecular flexibility index (Phi) is 8.92. The number of nitrogens with two attached hydrogens (primary N) is 2. The zero-order valence-electron chi connectivity index (χ0n) is 29.1. The summed E-state index contributed by atoms with van der Waals surface area (Å²) >= 11 is 0. The summed E-state index contributed by atoms with van der Waals surface area (Å²) in [5.41, 5.74) is 14.0. The normalized spacial score (nSPS) is 28.7. The van der Waals surface area contributed by atoms with Crippen molar-refractivity contribution in [2.45, 2.75) is 73.9 Å². The summed E-state index contributed by atoms with van der Waals surface area (Å²) < 4.78 is 42.0. The molecule has 0 aromatic heterocycles. The molecule has 7 aliphatic heterocycles. The van der Waals surface area contributed by atoms with Gasteiger partial charge in [-0.25, -0.2) is 0 Å². The van der Waals surface area contributed by atoms with Gasteiger partial charge < -0.3 is 70.0 Å². The molecule has 9 rings (SSSR count). The molecule has 2 bridgehead atoms. The highest BCUT2D eigenvalue weighted by Crippen LogP contribution is 2.58. The van der Waals surface area contributed by atoms with Gasteiger partial charge in [-0.2, -0.15) is 0 Å². The summed E-state index contributed by atoms with van der Waals surface area (Å²) in [4.78, 5) is 30.1. The van der Waals surface area contributed by atoms with E-state index in [1.807, 2.05) is 24.4 Å². The Bertz CT molecular complexity index is 2070. The van der Waals surface area contributed by atoms with Gasteiger partial charge in [0.05, 0.1) is 44.2 Å². The molecule has 7 heterocycles. The van der Waals surface area contributed by atoms with E-state index < -0.39 is 73.4 Å². The van der Waals surface area contributed by atoms with Crippen LogP contribution >= 0.6 is 0 Å². The second-order valence-corrected chi connectivity index (χ2v) is 13.8. The van der Waals surface area contributed by atoms with Crippen molar-refractivity contribution in [3.8, 4) is 40.6 Å². The van der Waals surface area contributed by atoms with Crippen molar-refractivity contribution in [2.75, 3.05) is 27.4 Å². The number of hydrogen-bond donors (Lipinski definition) is 6. The summed E-state index contributed by atoms with van der Waals surface area (Å²) in [7, 11) is 3.09. The van der Waals surface area contributed by atoms with E-state index in [1.165, 1.54) is 0 Å². The first kappa shape index (κ1) is 35.7. The second kappa shape index (κ2) is 13.5. The molecule has 0 radical (unpaired) electrons. The molecule has 2 aromatic rings. The molecule has 8 atom stereocenters. The minimum Gasteiger partial charge on any atom is -0.493 e. The van der Waals surface area contributed by atoms with Crippen LogP contribution in [-0.2, 0) is 25.6 Å². The smallest absolute Gasteiger partial charge is 0.317 e. The van der Waals surface area contributed by atoms with E-state index in [-0.39, 0.29) is 18.3 Å². The summed E-state index contributed by atoms with van der Waals surface area (Å²) in [6.07, 6.45) is -6.92. The number of methoxy groups -OCH3 is 2. The lowest BCUT2D eigenvalue weighted by atomic mass is 9.78. The van der Waals surface area contributed by atoms with E-state index in [2.05, 4.69) is 21.7 Å². The number of carbonyl (C=O) groups is 2. The van der Waals surface area contributed by atoms with Crippen molar-refractivity contribution in [2.24, 2.45) is 16.5 Å². The molecule has 8 N–H and O–H groups in total. The number of aliphatic hydroxyl groups is 3. The third-order valence-corrected chi connectivity index (χ3v) is 10.5. The van der Waals surface area contributed by atoms with Crippen molar-refractivity contribution >= 4 is 18.2 Å². The van der Waals surface area contributed by atoms with Crippen LogP contribution in [0.25, 0.3) is 0 Å². The number of ether oxygens (including phenoxy) is 7. The van der Waals surface area contributed by atoms with Gasteiger partial charge in [0.2, 0.25) is 12.0 Å². The van der Waals surface area contributed by atoms with Crippen molar-refractivity contribution in [3.63, 3.8) is 0 Å². The minimum atomic E-state index is -2.43. The van der Waals surface area contributed by atoms with Crippen LogP contribution in [0.15, 0.2) is 46.7 Å². The number of aliphatic carboxylic acids is 1. The first-order valence-corrected chi connectivity index (χ1v) is 17.2. The average Bonchev–Trinajstić information content (AvgIpc) is 3.84. The molecule has 0 amide bonds. The Morgan fingerprint density at radius 1 is 1.17 bits per heavy atom. The molecule has 0 aliphatic carbocycles. The lowest BCUT2D eigenvalue weighted by molar-refractivity contribution is -0.324. The topological polar surface area (TPSA) is 247 Å². The highest BCUT2D eigenvalue weighted by molar-refractivity contribution is 5.90. The molecule has 8 unspecified atom stereocenters. The number of benzene rings is 2. The summed E-state index contributed by atoms with van der Waals surface area (Å²) in [5.74, 6) is 5.15. The van der Waals surface area contributed by atoms with E-state index in [0.29, 0.717) is 52.8 Å². The molecule has 17 nitrogen and oxygen atoms in total. The van der Waals surface area contributed by atoms with Crippen molar-refractivity contribution < 1.29 is 63.2 Å². The summed E-state index contributed by atoms with van der Waals surface area (Å²) in [5, 5.41) is 43.7. The number of carboxylic acids is 1. The SMILES string of the molecule is COc1ccc2c(c1OC)OC1c3c(cc4c(c3CN3C=C5N=CC=C5C3)C#CCC3(O)C(O)C(O)C(O4)OC3C(OC(=O)CC(=O)O)C(N)N)OCC21. The quantitative estimate of drug-likeness (QED) is 0.0850. The monoisotopic (exact) mass is 746 g/mol. The number of carboxylic acid groups (broad SMARTS) is 1. The van der Waals surface area contributed by atoms with E-state index in [4.69, 9.17) is 49.7 Å². The molecule has 1 fully saturated rings. The molecule has 284 valence electrons. The van der Waals surface area contributed by atoms with Gasteiger partial charge in [-0.1, -0.05) is 17.9 Å². The van der Waals surface area contributed by atoms with Crippen LogP contribution in [0.3, 0.4) is 0 Å². The zero-order valence-corrected chi connectivity index (χ0v) is 29.1. The van der Waals surface area contributed by atoms with Crippen molar-refractivity contribution in [1.29, 1.82) is 0 Å². The van der Waals surface area contributed by atoms with Gasteiger partial charge in [0.15, 0.2) is 17.6 Å². The van der Waals surface area contributed by atoms with E-state index in [0.717, 1.165) is 16.8 Å². The maximum atomic E-state index is 12.4. The molecule has 54 heavy (non-hydrogen) atoms. The van der Waals surface area contributed by atoms with Crippen LogP contribution in [0, 0.1) is 11.8 Å². The number of fused-ring (bicyclic) bond motifs is 9. The third kappa shape index (κ3) is 5.78. The van der Waals surface area contributed by atoms with E-state index >= 15 is 0 Å². The number of rotatable bonds is 9. The van der Waals surface area contributed by atoms with Gasteiger partial charge in [0.25, 0.3) is 0 Å². The van der Waals surface area contributed by atoms with Crippen LogP contribution in [0.2, 0.25) is 0 Å². The van der Waals surface area contributed by atoms with Gasteiger partial charge in [0, 0.05) is 60.3 Å². The molecule has 1 saturated heterocycles. The average molecular weight is 747 g/mol. The number of hydrogen-bond acceptors (Lipinski definition) is 16. The fourth-order valence-electron chi connectivity index (χ4n) is 7.89. The van der Waals surface area contributed by atoms with Crippen LogP contribution in [0.4, 0.5) is 0 Å². The molecule has 0 saturated carbocycles. The summed E-state index contributed by atoms with van der Waals surface area (Å²) in [6, 6.07) is 5.34. The zero-order chi connectivity index (χ0) is 38.1. The molecule has 0 spiro atoms. The first-order chi connectivity index (χ1) is 25.9. The number of nitrogens with zero attached hydrogens (tertiary/aromatic N) is 2. The number of allylic oxidation sites excluding steroid dienone is 1. The Hall–Kier alpha value is -5.35. The maximum Gasteiger partial charge on any atom is 0.317 e. The number of carbonyl (C=O) groups excluding carboxylic acids is 1. The molecular weight excluding hydrogens is 708 g/mol. The standard InChI is InChI=1S/C37H38N4O13/c1-48-22-6-5-18-20-15-50-24-10-23-17(19(13-41-12-16-7-9-40-21(16)14-41)27(24)29(20)53-30(18)31(22)49-2)4-3-8-37(47)33(46)28(45)36(51-23)54-34(37)32(35(38)39)52-26(44)11-25(42)43/h5-7,9-10,14,20,28-29,32-36,45-47H,8,11-13,15,38-39H2,1-2H3,(H,42,43). The largest absolute Gasteiger partial charge is 0.493 e. The van der Waals surface area contributed by atoms with Gasteiger partial charge in [-0.15, -0.1) is 0 Å². The highest BCUT2D eigenvalue weighted by atomic mass is 16.7. The molecule has 2 aromatic carbocycles. The molecule has 17 heteroatoms. The minimum absolute atomic E-state index is 0.118. The van der Waals surface area contributed by atoms with Gasteiger partial charge in [0.1, 0.15) is 47.9 Å². The van der Waals surface area contributed by atoms with Crippen LogP contribution in [0.5, 0.6) is 28.7 Å². The predicted molar refractivity (Wildman–Crippen MR) is 185 cm³/mol. The van der Waals surface area contributed by atoms with Crippen LogP contribution in [-0.4, -0.2) is 113 Å². The Morgan fingerprint density at radius 2 is 1.98 bits per heavy atom. The highest BCUT2D eigenvalue weighted by Gasteiger charge is 2.59. The second-order valence-electron chi connectivity index (χ2n) is 13.8. The van der Waals surface area contributed by atoms with Crippen molar-refractivity contribution in [3.05, 3.63) is 64.0 Å². The lowest BCUT2D eigenvalue weighted by Crippen LogP contribution is -2.72. The first-order valence-electron chi connectivity index (χ1n) is 17.2. The lowest BCUT2D eigenvalue weighted by Gasteiger charge is -2.50. The number of aliphatic imine (C=N–C) groups is 1. The van der Waals surface area contributed by atoms with E-state index in [1.54, 1.807) is 26.5 Å². The fraction of sp³-hybridized carbons (Fsp3) is 0.432. The predicted octanol–water partition coefficient (Wildman–Crippen LogP) is -0.0769. The van der Waals surface area contributed by atoms with Crippen LogP contribution in [0.1, 0.15) is 47.1 Å². The Balaban J connectivity index is 1.24. The van der Waals surface area contributed by atoms with E-state index in [9.17, 15) is 24.9 Å². The van der Waals surface area contributed by atoms with Crippen LogP contribution < -0.4 is 35.2 Å². The van der Waals surface area contributed by atoms with Gasteiger partial charge in [-0.05, 0) is 12.1 Å². The number of esters is 1. The fourth-order valence-corrected chi connectivity index (χ4v) is 7.89. The summed E-state index contributed by atoms with van der Waals surface area (Å²) in [6.45, 7) is 1.08. The maximum absolute atomic E-state index is 12.4. The molecule has 7 aliphatic rings. The third-order valence-electron chi connectivity index (χ3n) is 10.5. The van der Waals surface area contributed by atoms with Gasteiger partial charge in [-0.3, -0.25) is 14.6 Å². The molecular formula is C37H38N4O13. The Morgan fingerprint density at radius 3 is 2.70 bits per heavy atom. The Labute approximate surface area is 308 Å². The van der Waals surface area contributed by atoms with Crippen molar-refractivity contribution in [1.82, 2.24) is 4.90 Å². The number of aliphatic hydroxyl groups excluding tert-OH is 2. The van der Waals surface area contributed by atoms with Gasteiger partial charge >= 0.3 is 11.9 Å².